The highest BCUT2D eigenvalue weighted by atomic mass is 16.6. The van der Waals surface area contributed by atoms with E-state index >= 15 is 0 Å². The van der Waals surface area contributed by atoms with E-state index in [1.807, 2.05) is 36.5 Å². The molecule has 0 saturated carbocycles. The number of rotatable bonds is 44. The SMILES string of the molecule is CC/C=C\C/C=C\C/C=C\CCCCCCC(=O)OC(COC(=O)CCCCC/C=C\CCCCCCCC)COC(=O)CCCCCCC\C=C/C=C\C=C/C=C\C=C/CCC. The van der Waals surface area contributed by atoms with Gasteiger partial charge in [-0.25, -0.2) is 0 Å². The molecule has 6 heteroatoms. The Morgan fingerprint density at radius 3 is 1.21 bits per heavy atom. The van der Waals surface area contributed by atoms with Crippen LogP contribution in [0.5, 0.6) is 0 Å². The molecule has 0 spiro atoms. The summed E-state index contributed by atoms with van der Waals surface area (Å²) in [6.45, 7) is 6.36. The first-order valence-corrected chi connectivity index (χ1v) is 25.5. The number of esters is 3. The van der Waals surface area contributed by atoms with Gasteiger partial charge in [0.15, 0.2) is 6.10 Å². The topological polar surface area (TPSA) is 78.9 Å². The number of ether oxygens (including phenoxy) is 3. The number of hydrogen-bond donors (Lipinski definition) is 0. The summed E-state index contributed by atoms with van der Waals surface area (Å²) in [6, 6.07) is 0. The Bertz CT molecular complexity index is 1330. The molecule has 0 rings (SSSR count). The fourth-order valence-electron chi connectivity index (χ4n) is 6.54. The zero-order valence-corrected chi connectivity index (χ0v) is 40.5. The number of carbonyl (C=O) groups is 3. The first-order valence-electron chi connectivity index (χ1n) is 25.5. The van der Waals surface area contributed by atoms with Gasteiger partial charge in [0.05, 0.1) is 0 Å². The highest BCUT2D eigenvalue weighted by Crippen LogP contribution is 2.13. The van der Waals surface area contributed by atoms with Crippen molar-refractivity contribution in [2.24, 2.45) is 0 Å². The molecule has 0 radical (unpaired) electrons. The third kappa shape index (κ3) is 49.0. The zero-order valence-electron chi connectivity index (χ0n) is 40.5. The average molecular weight is 873 g/mol. The maximum absolute atomic E-state index is 12.8. The van der Waals surface area contributed by atoms with Crippen LogP contribution < -0.4 is 0 Å². The van der Waals surface area contributed by atoms with E-state index < -0.39 is 6.10 Å². The molecule has 0 heterocycles. The molecule has 0 aromatic carbocycles. The molecule has 0 bridgehead atoms. The van der Waals surface area contributed by atoms with Gasteiger partial charge in [0.25, 0.3) is 0 Å². The lowest BCUT2D eigenvalue weighted by molar-refractivity contribution is -0.167. The highest BCUT2D eigenvalue weighted by molar-refractivity contribution is 5.71. The standard InChI is InChI=1S/C57H92O6/c1-4-7-10-13-16-19-22-25-27-28-29-30-33-35-38-41-44-47-50-56(59)62-53-54(52-61-55(58)49-46-43-40-37-34-31-24-21-18-15-12-9-6-3)63-57(60)51-48-45-42-39-36-32-26-23-20-17-14-11-8-5-2/h8,10-11,13,16-17,19-20,22,25-32,34,54H,4-7,9,12,14-15,18,21,23-24,33,35-53H2,1-3H3/b11-8-,13-10-,19-16-,20-17-,25-22-,28-27-,30-29-,32-26-,34-31-. The van der Waals surface area contributed by atoms with Gasteiger partial charge >= 0.3 is 17.9 Å². The molecule has 0 N–H and O–H groups in total. The molecule has 0 aliphatic heterocycles. The molecule has 0 fully saturated rings. The van der Waals surface area contributed by atoms with E-state index in [0.717, 1.165) is 128 Å². The van der Waals surface area contributed by atoms with Crippen LogP contribution in [0.1, 0.15) is 213 Å². The van der Waals surface area contributed by atoms with Crippen molar-refractivity contribution in [2.45, 2.75) is 219 Å². The van der Waals surface area contributed by atoms with E-state index in [2.05, 4.69) is 93.7 Å². The fraction of sp³-hybridized carbons (Fsp3) is 0.632. The number of allylic oxidation sites excluding steroid dienone is 18. The van der Waals surface area contributed by atoms with Crippen molar-refractivity contribution in [1.29, 1.82) is 0 Å². The van der Waals surface area contributed by atoms with Crippen LogP contribution in [0.15, 0.2) is 109 Å². The summed E-state index contributed by atoms with van der Waals surface area (Å²) >= 11 is 0. The Morgan fingerprint density at radius 2 is 0.714 bits per heavy atom. The normalized spacial score (nSPS) is 13.0. The summed E-state index contributed by atoms with van der Waals surface area (Å²) in [5.41, 5.74) is 0. The molecule has 356 valence electrons. The lowest BCUT2D eigenvalue weighted by Gasteiger charge is -2.18. The molecular weight excluding hydrogens is 781 g/mol. The molecule has 6 nitrogen and oxygen atoms in total. The van der Waals surface area contributed by atoms with Crippen LogP contribution in [0.2, 0.25) is 0 Å². The lowest BCUT2D eigenvalue weighted by atomic mass is 10.1. The van der Waals surface area contributed by atoms with Gasteiger partial charge in [-0.1, -0.05) is 207 Å². The molecule has 1 unspecified atom stereocenters. The van der Waals surface area contributed by atoms with E-state index in [1.54, 1.807) is 0 Å². The summed E-state index contributed by atoms with van der Waals surface area (Å²) in [4.78, 5) is 38.0. The van der Waals surface area contributed by atoms with Crippen LogP contribution in [0, 0.1) is 0 Å². The maximum Gasteiger partial charge on any atom is 0.306 e. The van der Waals surface area contributed by atoms with E-state index in [1.165, 1.54) is 44.9 Å². The summed E-state index contributed by atoms with van der Waals surface area (Å²) < 4.78 is 16.7. The van der Waals surface area contributed by atoms with Crippen LogP contribution in [-0.2, 0) is 28.6 Å². The molecule has 63 heavy (non-hydrogen) atoms. The predicted octanol–water partition coefficient (Wildman–Crippen LogP) is 16.8. The second kappa shape index (κ2) is 50.7. The first kappa shape index (κ1) is 59.1. The zero-order chi connectivity index (χ0) is 45.8. The number of unbranched alkanes of at least 4 members (excludes halogenated alkanes) is 19. The third-order valence-electron chi connectivity index (χ3n) is 10.3. The van der Waals surface area contributed by atoms with Gasteiger partial charge in [-0.3, -0.25) is 14.4 Å². The Hall–Kier alpha value is -3.93. The van der Waals surface area contributed by atoms with Crippen LogP contribution in [0.25, 0.3) is 0 Å². The van der Waals surface area contributed by atoms with Crippen molar-refractivity contribution in [3.05, 3.63) is 109 Å². The minimum Gasteiger partial charge on any atom is -0.462 e. The Kier molecular flexibility index (Phi) is 47.5. The second-order valence-corrected chi connectivity index (χ2v) is 16.5. The molecule has 0 aromatic rings. The number of hydrogen-bond acceptors (Lipinski definition) is 6. The summed E-state index contributed by atoms with van der Waals surface area (Å²) in [5, 5.41) is 0. The van der Waals surface area contributed by atoms with Gasteiger partial charge < -0.3 is 14.2 Å². The van der Waals surface area contributed by atoms with Crippen molar-refractivity contribution in [2.75, 3.05) is 13.2 Å². The fourth-order valence-corrected chi connectivity index (χ4v) is 6.54. The van der Waals surface area contributed by atoms with Gasteiger partial charge in [-0.15, -0.1) is 0 Å². The van der Waals surface area contributed by atoms with Gasteiger partial charge in [0.1, 0.15) is 13.2 Å². The molecule has 0 aliphatic carbocycles. The van der Waals surface area contributed by atoms with Crippen molar-refractivity contribution >= 4 is 17.9 Å². The summed E-state index contributed by atoms with van der Waals surface area (Å²) in [5.74, 6) is -0.975. The molecule has 0 aromatic heterocycles. The molecular formula is C57H92O6. The monoisotopic (exact) mass is 873 g/mol. The summed E-state index contributed by atoms with van der Waals surface area (Å²) in [6.07, 6.45) is 67.8. The molecule has 1 atom stereocenters. The van der Waals surface area contributed by atoms with E-state index in [4.69, 9.17) is 14.2 Å². The van der Waals surface area contributed by atoms with Crippen molar-refractivity contribution in [3.63, 3.8) is 0 Å². The molecule has 0 amide bonds. The molecule has 0 saturated heterocycles. The second-order valence-electron chi connectivity index (χ2n) is 16.5. The van der Waals surface area contributed by atoms with Gasteiger partial charge in [0, 0.05) is 19.3 Å². The van der Waals surface area contributed by atoms with E-state index in [0.29, 0.717) is 12.8 Å². The van der Waals surface area contributed by atoms with Crippen LogP contribution in [0.3, 0.4) is 0 Å². The predicted molar refractivity (Wildman–Crippen MR) is 270 cm³/mol. The average Bonchev–Trinajstić information content (AvgIpc) is 3.28. The van der Waals surface area contributed by atoms with E-state index in [9.17, 15) is 14.4 Å². The minimum absolute atomic E-state index is 0.106. The van der Waals surface area contributed by atoms with Gasteiger partial charge in [0.2, 0.25) is 0 Å². The van der Waals surface area contributed by atoms with Crippen LogP contribution in [-0.4, -0.2) is 37.2 Å². The first-order chi connectivity index (χ1) is 31.0. The summed E-state index contributed by atoms with van der Waals surface area (Å²) in [7, 11) is 0. The Balaban J connectivity index is 4.51. The van der Waals surface area contributed by atoms with Gasteiger partial charge in [-0.2, -0.15) is 0 Å². The van der Waals surface area contributed by atoms with Crippen molar-refractivity contribution in [3.8, 4) is 0 Å². The maximum atomic E-state index is 12.8. The molecule has 0 aliphatic rings. The van der Waals surface area contributed by atoms with E-state index in [-0.39, 0.29) is 37.5 Å². The highest BCUT2D eigenvalue weighted by Gasteiger charge is 2.19. The van der Waals surface area contributed by atoms with Crippen LogP contribution >= 0.6 is 0 Å². The lowest BCUT2D eigenvalue weighted by Crippen LogP contribution is -2.30. The largest absolute Gasteiger partial charge is 0.462 e. The van der Waals surface area contributed by atoms with Crippen molar-refractivity contribution < 1.29 is 28.6 Å². The van der Waals surface area contributed by atoms with Crippen molar-refractivity contribution in [1.82, 2.24) is 0 Å². The minimum atomic E-state index is -0.808. The van der Waals surface area contributed by atoms with Crippen LogP contribution in [0.4, 0.5) is 0 Å². The third-order valence-corrected chi connectivity index (χ3v) is 10.3. The van der Waals surface area contributed by atoms with Gasteiger partial charge in [-0.05, 0) is 96.3 Å². The Labute approximate surface area is 387 Å². The smallest absolute Gasteiger partial charge is 0.306 e. The number of carbonyl (C=O) groups excluding carboxylic acids is 3. The Morgan fingerprint density at radius 1 is 0.349 bits per heavy atom. The quantitative estimate of drug-likeness (QED) is 0.0199.